The monoisotopic (exact) mass is 340 g/mol. The van der Waals surface area contributed by atoms with Crippen LogP contribution in [0.4, 0.5) is 0 Å². The molecule has 0 radical (unpaired) electrons. The molecule has 1 N–H and O–H groups in total. The lowest BCUT2D eigenvalue weighted by Crippen LogP contribution is -2.03. The molecule has 2 rings (SSSR count). The second-order valence-corrected chi connectivity index (χ2v) is 6.33. The first-order valence-electron chi connectivity index (χ1n) is 8.84. The number of ether oxygens (including phenoxy) is 2. The van der Waals surface area contributed by atoms with Crippen molar-refractivity contribution in [1.82, 2.24) is 0 Å². The van der Waals surface area contributed by atoms with Crippen LogP contribution in [-0.2, 0) is 11.2 Å². The van der Waals surface area contributed by atoms with Crippen molar-refractivity contribution in [3.05, 3.63) is 65.7 Å². The van der Waals surface area contributed by atoms with Gasteiger partial charge in [-0.3, -0.25) is 0 Å². The van der Waals surface area contributed by atoms with Crippen LogP contribution in [0.3, 0.4) is 0 Å². The lowest BCUT2D eigenvalue weighted by atomic mass is 9.99. The van der Waals surface area contributed by atoms with E-state index in [0.29, 0.717) is 18.3 Å². The highest BCUT2D eigenvalue weighted by molar-refractivity contribution is 5.55. The Bertz CT molecular complexity index is 650. The summed E-state index contributed by atoms with van der Waals surface area (Å²) in [7, 11) is 1.55. The van der Waals surface area contributed by atoms with Gasteiger partial charge < -0.3 is 14.6 Å². The van der Waals surface area contributed by atoms with E-state index in [1.807, 2.05) is 18.2 Å². The van der Waals surface area contributed by atoms with Crippen molar-refractivity contribution in [3.8, 4) is 11.5 Å². The number of phenolic OH excluding ortho intramolecular Hbond substituents is 1. The molecule has 0 heterocycles. The molecule has 0 spiro atoms. The zero-order valence-corrected chi connectivity index (χ0v) is 15.2. The lowest BCUT2D eigenvalue weighted by Gasteiger charge is -2.11. The Hall–Kier alpha value is -2.26. The second-order valence-electron chi connectivity index (χ2n) is 6.33. The largest absolute Gasteiger partial charge is 0.504 e. The van der Waals surface area contributed by atoms with Gasteiger partial charge in [0.25, 0.3) is 0 Å². The minimum atomic E-state index is 0.153. The zero-order chi connectivity index (χ0) is 17.9. The Kier molecular flexibility index (Phi) is 8.06. The highest BCUT2D eigenvalue weighted by Gasteiger charge is 2.03. The summed E-state index contributed by atoms with van der Waals surface area (Å²) in [6.45, 7) is 3.65. The molecule has 3 nitrogen and oxygen atoms in total. The van der Waals surface area contributed by atoms with Gasteiger partial charge in [0.05, 0.1) is 13.7 Å². The molecule has 0 bridgehead atoms. The van der Waals surface area contributed by atoms with Gasteiger partial charge in [-0.25, -0.2) is 0 Å². The fourth-order valence-corrected chi connectivity index (χ4v) is 2.62. The fraction of sp³-hybridized carbons (Fsp3) is 0.364. The molecule has 0 fully saturated rings. The number of aryl methyl sites for hydroxylation is 1. The Balaban J connectivity index is 1.61. The van der Waals surface area contributed by atoms with Crippen molar-refractivity contribution in [2.45, 2.75) is 26.2 Å². The zero-order valence-electron chi connectivity index (χ0n) is 15.2. The van der Waals surface area contributed by atoms with Gasteiger partial charge in [-0.2, -0.15) is 0 Å². The molecule has 2 aromatic rings. The summed E-state index contributed by atoms with van der Waals surface area (Å²) in [5.74, 6) is 1.29. The molecular formula is C22H28O3. The molecule has 0 aromatic heterocycles. The van der Waals surface area contributed by atoms with E-state index >= 15 is 0 Å². The normalized spacial score (nSPS) is 12.4. The van der Waals surface area contributed by atoms with E-state index < -0.39 is 0 Å². The summed E-state index contributed by atoms with van der Waals surface area (Å²) < 4.78 is 10.8. The van der Waals surface area contributed by atoms with Gasteiger partial charge in [-0.15, -0.1) is 0 Å². The summed E-state index contributed by atoms with van der Waals surface area (Å²) in [5, 5.41) is 9.57. The van der Waals surface area contributed by atoms with Crippen molar-refractivity contribution in [2.75, 3.05) is 20.3 Å². The van der Waals surface area contributed by atoms with E-state index in [0.717, 1.165) is 25.0 Å². The number of phenols is 1. The Labute approximate surface area is 150 Å². The highest BCUT2D eigenvalue weighted by Crippen LogP contribution is 2.26. The van der Waals surface area contributed by atoms with Gasteiger partial charge in [0, 0.05) is 6.61 Å². The molecule has 0 aliphatic heterocycles. The average molecular weight is 340 g/mol. The first-order valence-corrected chi connectivity index (χ1v) is 8.84. The number of methoxy groups -OCH3 is 1. The van der Waals surface area contributed by atoms with Crippen LogP contribution in [-0.4, -0.2) is 25.4 Å². The van der Waals surface area contributed by atoms with Crippen LogP contribution in [0.15, 0.2) is 54.6 Å². The first kappa shape index (κ1) is 19.1. The molecule has 1 unspecified atom stereocenters. The molecule has 0 aliphatic rings. The van der Waals surface area contributed by atoms with Gasteiger partial charge in [-0.05, 0) is 48.4 Å². The standard InChI is InChI=1S/C22H28O3/c1-18(10-11-19-7-4-3-5-8-19)14-16-25-15-6-9-20-12-13-21(23)22(17-20)24-2/h3-9,12-13,17-18,23H,10-11,14-16H2,1-2H3/b9-6+. The molecule has 0 amide bonds. The third-order valence-electron chi connectivity index (χ3n) is 4.25. The van der Waals surface area contributed by atoms with Crippen molar-refractivity contribution in [3.63, 3.8) is 0 Å². The third kappa shape index (κ3) is 7.02. The maximum Gasteiger partial charge on any atom is 0.161 e. The van der Waals surface area contributed by atoms with Crippen LogP contribution in [0.5, 0.6) is 11.5 Å². The molecule has 3 heteroatoms. The van der Waals surface area contributed by atoms with Gasteiger partial charge >= 0.3 is 0 Å². The molecule has 0 saturated heterocycles. The topological polar surface area (TPSA) is 38.7 Å². The minimum absolute atomic E-state index is 0.153. The van der Waals surface area contributed by atoms with E-state index in [9.17, 15) is 5.11 Å². The predicted octanol–water partition coefficient (Wildman–Crippen LogP) is 5.09. The predicted molar refractivity (Wildman–Crippen MR) is 103 cm³/mol. The number of hydrogen-bond donors (Lipinski definition) is 1. The first-order chi connectivity index (χ1) is 12.2. The van der Waals surface area contributed by atoms with Crippen LogP contribution in [0.25, 0.3) is 6.08 Å². The summed E-state index contributed by atoms with van der Waals surface area (Å²) in [4.78, 5) is 0. The number of aromatic hydroxyl groups is 1. The van der Waals surface area contributed by atoms with Crippen molar-refractivity contribution in [1.29, 1.82) is 0 Å². The SMILES string of the molecule is COc1cc(/C=C/COCCC(C)CCc2ccccc2)ccc1O. The van der Waals surface area contributed by atoms with Crippen molar-refractivity contribution >= 4 is 6.08 Å². The quantitative estimate of drug-likeness (QED) is 0.612. The van der Waals surface area contributed by atoms with Gasteiger partial charge in [0.1, 0.15) is 0 Å². The van der Waals surface area contributed by atoms with Crippen LogP contribution in [0, 0.1) is 5.92 Å². The summed E-state index contributed by atoms with van der Waals surface area (Å²) in [6, 6.07) is 15.9. The summed E-state index contributed by atoms with van der Waals surface area (Å²) in [5.41, 5.74) is 2.39. The van der Waals surface area contributed by atoms with E-state index in [2.05, 4.69) is 37.3 Å². The van der Waals surface area contributed by atoms with E-state index in [1.165, 1.54) is 12.0 Å². The minimum Gasteiger partial charge on any atom is -0.504 e. The maximum atomic E-state index is 9.57. The van der Waals surface area contributed by atoms with Crippen LogP contribution in [0.1, 0.15) is 30.9 Å². The Morgan fingerprint density at radius 2 is 1.88 bits per heavy atom. The second kappa shape index (κ2) is 10.6. The third-order valence-corrected chi connectivity index (χ3v) is 4.25. The molecular weight excluding hydrogens is 312 g/mol. The van der Waals surface area contributed by atoms with Gasteiger partial charge in [-0.1, -0.05) is 55.5 Å². The summed E-state index contributed by atoms with van der Waals surface area (Å²) >= 11 is 0. The average Bonchev–Trinajstić information content (AvgIpc) is 2.65. The molecule has 134 valence electrons. The fourth-order valence-electron chi connectivity index (χ4n) is 2.62. The van der Waals surface area contributed by atoms with Crippen molar-refractivity contribution in [2.24, 2.45) is 5.92 Å². The number of benzene rings is 2. The van der Waals surface area contributed by atoms with Crippen molar-refractivity contribution < 1.29 is 14.6 Å². The van der Waals surface area contributed by atoms with Crippen LogP contribution in [0.2, 0.25) is 0 Å². The number of hydrogen-bond acceptors (Lipinski definition) is 3. The molecule has 25 heavy (non-hydrogen) atoms. The molecule has 2 aromatic carbocycles. The Morgan fingerprint density at radius 3 is 2.64 bits per heavy atom. The van der Waals surface area contributed by atoms with Crippen LogP contribution >= 0.6 is 0 Å². The lowest BCUT2D eigenvalue weighted by molar-refractivity contribution is 0.146. The van der Waals surface area contributed by atoms with Gasteiger partial charge in [0.15, 0.2) is 11.5 Å². The maximum absolute atomic E-state index is 9.57. The molecule has 1 atom stereocenters. The smallest absolute Gasteiger partial charge is 0.161 e. The van der Waals surface area contributed by atoms with Gasteiger partial charge in [0.2, 0.25) is 0 Å². The highest BCUT2D eigenvalue weighted by atomic mass is 16.5. The number of rotatable bonds is 10. The van der Waals surface area contributed by atoms with E-state index in [1.54, 1.807) is 19.2 Å². The van der Waals surface area contributed by atoms with E-state index in [-0.39, 0.29) is 5.75 Å². The molecule has 0 saturated carbocycles. The summed E-state index contributed by atoms with van der Waals surface area (Å²) in [6.07, 6.45) is 7.36. The van der Waals surface area contributed by atoms with Crippen LogP contribution < -0.4 is 4.74 Å². The van der Waals surface area contributed by atoms with E-state index in [4.69, 9.17) is 9.47 Å². The molecule has 0 aliphatic carbocycles. The Morgan fingerprint density at radius 1 is 1.08 bits per heavy atom.